The standard InChI is InChI=1S/C18H23N5O4S/c1-21(2)10-17(24)20-14-11-28(26,27)15-9-23(7-12(14)15)18(25)13-8-22-6-4-3-5-16(22)19-13/h3-6,8,12,14-15H,7,9-11H2,1-2H3,(H,20,24)/t12-,14+,15-/m0/s1. The Morgan fingerprint density at radius 2 is 2.07 bits per heavy atom. The van der Waals surface area contributed by atoms with Crippen LogP contribution in [0.4, 0.5) is 0 Å². The first-order valence-corrected chi connectivity index (χ1v) is 10.8. The van der Waals surface area contributed by atoms with Gasteiger partial charge >= 0.3 is 0 Å². The molecule has 0 aromatic carbocycles. The molecule has 0 radical (unpaired) electrons. The van der Waals surface area contributed by atoms with Crippen molar-refractivity contribution in [3.63, 3.8) is 0 Å². The Hall–Kier alpha value is -2.46. The smallest absolute Gasteiger partial charge is 0.274 e. The molecular weight excluding hydrogens is 382 g/mol. The molecule has 28 heavy (non-hydrogen) atoms. The van der Waals surface area contributed by atoms with Crippen LogP contribution in [0.15, 0.2) is 30.6 Å². The van der Waals surface area contributed by atoms with Gasteiger partial charge in [-0.1, -0.05) is 6.07 Å². The van der Waals surface area contributed by atoms with E-state index in [1.165, 1.54) is 0 Å². The van der Waals surface area contributed by atoms with Gasteiger partial charge in [0.25, 0.3) is 5.91 Å². The van der Waals surface area contributed by atoms with E-state index >= 15 is 0 Å². The lowest BCUT2D eigenvalue weighted by molar-refractivity contribution is -0.122. The number of rotatable bonds is 4. The van der Waals surface area contributed by atoms with E-state index in [1.807, 2.05) is 12.1 Å². The third kappa shape index (κ3) is 3.37. The van der Waals surface area contributed by atoms with Gasteiger partial charge in [0.2, 0.25) is 5.91 Å². The lowest BCUT2D eigenvalue weighted by Gasteiger charge is -2.21. The quantitative estimate of drug-likeness (QED) is 0.718. The summed E-state index contributed by atoms with van der Waals surface area (Å²) in [6.45, 7) is 0.626. The Morgan fingerprint density at radius 3 is 2.79 bits per heavy atom. The van der Waals surface area contributed by atoms with Crippen molar-refractivity contribution < 1.29 is 18.0 Å². The van der Waals surface area contributed by atoms with E-state index in [2.05, 4.69) is 10.3 Å². The minimum absolute atomic E-state index is 0.0715. The Balaban J connectivity index is 1.52. The van der Waals surface area contributed by atoms with Gasteiger partial charge in [-0.15, -0.1) is 0 Å². The number of hydrogen-bond donors (Lipinski definition) is 1. The first-order valence-electron chi connectivity index (χ1n) is 9.13. The van der Waals surface area contributed by atoms with Crippen molar-refractivity contribution in [1.82, 2.24) is 24.5 Å². The largest absolute Gasteiger partial charge is 0.351 e. The zero-order valence-corrected chi connectivity index (χ0v) is 16.6. The van der Waals surface area contributed by atoms with Gasteiger partial charge in [-0.3, -0.25) is 9.59 Å². The molecule has 150 valence electrons. The first kappa shape index (κ1) is 18.9. The average molecular weight is 405 g/mol. The third-order valence-electron chi connectivity index (χ3n) is 5.38. The molecule has 2 fully saturated rings. The van der Waals surface area contributed by atoms with E-state index in [9.17, 15) is 18.0 Å². The summed E-state index contributed by atoms with van der Waals surface area (Å²) < 4.78 is 26.9. The zero-order chi connectivity index (χ0) is 20.1. The van der Waals surface area contributed by atoms with Crippen LogP contribution in [0.5, 0.6) is 0 Å². The molecule has 1 N–H and O–H groups in total. The fourth-order valence-corrected chi connectivity index (χ4v) is 6.41. The molecule has 3 atom stereocenters. The van der Waals surface area contributed by atoms with Crippen LogP contribution < -0.4 is 5.32 Å². The average Bonchev–Trinajstić information content (AvgIpc) is 3.28. The van der Waals surface area contributed by atoms with Gasteiger partial charge in [0, 0.05) is 37.4 Å². The van der Waals surface area contributed by atoms with Crippen LogP contribution in [-0.4, -0.2) is 90.2 Å². The fraction of sp³-hybridized carbons (Fsp3) is 0.500. The van der Waals surface area contributed by atoms with Gasteiger partial charge in [-0.2, -0.15) is 0 Å². The highest BCUT2D eigenvalue weighted by Gasteiger charge is 2.53. The first-order chi connectivity index (χ1) is 13.2. The van der Waals surface area contributed by atoms with E-state index in [1.54, 1.807) is 46.8 Å². The number of amides is 2. The second-order valence-electron chi connectivity index (χ2n) is 7.75. The summed E-state index contributed by atoms with van der Waals surface area (Å²) in [6.07, 6.45) is 3.45. The topological polar surface area (TPSA) is 104 Å². The molecular formula is C18H23N5O4S. The van der Waals surface area contributed by atoms with Crippen LogP contribution in [-0.2, 0) is 14.6 Å². The van der Waals surface area contributed by atoms with Gasteiger partial charge in [0.1, 0.15) is 11.3 Å². The minimum atomic E-state index is -3.37. The minimum Gasteiger partial charge on any atom is -0.351 e. The molecule has 4 heterocycles. The van der Waals surface area contributed by atoms with Gasteiger partial charge in [0.15, 0.2) is 9.84 Å². The van der Waals surface area contributed by atoms with E-state index in [-0.39, 0.29) is 42.3 Å². The number of fused-ring (bicyclic) bond motifs is 2. The maximum Gasteiger partial charge on any atom is 0.274 e. The maximum absolute atomic E-state index is 12.9. The van der Waals surface area contributed by atoms with Crippen molar-refractivity contribution in [2.24, 2.45) is 5.92 Å². The molecule has 2 aliphatic rings. The molecule has 0 unspecified atom stereocenters. The molecule has 4 rings (SSSR count). The number of likely N-dealkylation sites (tertiary alicyclic amines) is 1. The van der Waals surface area contributed by atoms with Crippen molar-refractivity contribution in [3.8, 4) is 0 Å². The number of hydrogen-bond acceptors (Lipinski definition) is 6. The normalized spacial score (nSPS) is 26.0. The number of imidazole rings is 1. The number of likely N-dealkylation sites (N-methyl/N-ethyl adjacent to an activating group) is 1. The zero-order valence-electron chi connectivity index (χ0n) is 15.8. The number of aromatic nitrogens is 2. The Kier molecular flexibility index (Phi) is 4.62. The van der Waals surface area contributed by atoms with Crippen LogP contribution >= 0.6 is 0 Å². The number of carbonyl (C=O) groups is 2. The summed E-state index contributed by atoms with van der Waals surface area (Å²) in [4.78, 5) is 32.6. The Morgan fingerprint density at radius 1 is 1.29 bits per heavy atom. The van der Waals surface area contributed by atoms with Crippen molar-refractivity contribution in [2.45, 2.75) is 11.3 Å². The van der Waals surface area contributed by atoms with E-state index < -0.39 is 21.1 Å². The summed E-state index contributed by atoms with van der Waals surface area (Å²) in [5, 5.41) is 2.20. The number of nitrogens with one attached hydrogen (secondary N) is 1. The molecule has 9 nitrogen and oxygen atoms in total. The Bertz CT molecular complexity index is 999. The molecule has 2 aromatic rings. The molecule has 10 heteroatoms. The monoisotopic (exact) mass is 405 g/mol. The SMILES string of the molecule is CN(C)CC(=O)N[C@@H]1CS(=O)(=O)[C@H]2CN(C(=O)c3cn4ccccc4n3)C[C@@H]12. The number of nitrogens with zero attached hydrogens (tertiary/aromatic N) is 4. The summed E-state index contributed by atoms with van der Waals surface area (Å²) in [5.41, 5.74) is 0.948. The molecule has 2 aliphatic heterocycles. The molecule has 2 saturated heterocycles. The molecule has 0 saturated carbocycles. The number of sulfone groups is 1. The lowest BCUT2D eigenvalue weighted by atomic mass is 10.0. The van der Waals surface area contributed by atoms with E-state index in [4.69, 9.17) is 0 Å². The molecule has 2 aromatic heterocycles. The van der Waals surface area contributed by atoms with E-state index in [0.29, 0.717) is 12.2 Å². The predicted octanol–water partition coefficient (Wildman–Crippen LogP) is -0.750. The Labute approximate surface area is 163 Å². The number of carbonyl (C=O) groups excluding carboxylic acids is 2. The molecule has 0 aliphatic carbocycles. The van der Waals surface area contributed by atoms with Crippen LogP contribution in [0.25, 0.3) is 5.65 Å². The summed E-state index contributed by atoms with van der Waals surface area (Å²) in [5.74, 6) is -0.863. The summed E-state index contributed by atoms with van der Waals surface area (Å²) >= 11 is 0. The highest BCUT2D eigenvalue weighted by molar-refractivity contribution is 7.92. The van der Waals surface area contributed by atoms with Crippen molar-refractivity contribution in [3.05, 3.63) is 36.3 Å². The van der Waals surface area contributed by atoms with Crippen LogP contribution in [0.3, 0.4) is 0 Å². The summed E-state index contributed by atoms with van der Waals surface area (Å²) in [7, 11) is 0.185. The fourth-order valence-electron chi connectivity index (χ4n) is 4.12. The van der Waals surface area contributed by atoms with Crippen LogP contribution in [0.2, 0.25) is 0 Å². The highest BCUT2D eigenvalue weighted by Crippen LogP contribution is 2.34. The van der Waals surface area contributed by atoms with Gasteiger partial charge in [0.05, 0.1) is 17.5 Å². The lowest BCUT2D eigenvalue weighted by Crippen LogP contribution is -2.45. The second-order valence-corrected chi connectivity index (χ2v) is 10.0. The van der Waals surface area contributed by atoms with Crippen LogP contribution in [0.1, 0.15) is 10.5 Å². The molecule has 2 amide bonds. The number of pyridine rings is 1. The van der Waals surface area contributed by atoms with Gasteiger partial charge in [-0.25, -0.2) is 13.4 Å². The van der Waals surface area contributed by atoms with Gasteiger partial charge in [-0.05, 0) is 26.2 Å². The summed E-state index contributed by atoms with van der Waals surface area (Å²) in [6, 6.07) is 5.01. The van der Waals surface area contributed by atoms with Crippen molar-refractivity contribution >= 4 is 27.3 Å². The molecule has 0 spiro atoms. The third-order valence-corrected chi connectivity index (χ3v) is 7.62. The van der Waals surface area contributed by atoms with Crippen molar-refractivity contribution in [2.75, 3.05) is 39.5 Å². The molecule has 0 bridgehead atoms. The second kappa shape index (κ2) is 6.85. The van der Waals surface area contributed by atoms with E-state index in [0.717, 1.165) is 0 Å². The van der Waals surface area contributed by atoms with Gasteiger partial charge < -0.3 is 19.5 Å². The van der Waals surface area contributed by atoms with Crippen LogP contribution in [0, 0.1) is 5.92 Å². The maximum atomic E-state index is 12.9. The predicted molar refractivity (Wildman–Crippen MR) is 103 cm³/mol. The highest BCUT2D eigenvalue weighted by atomic mass is 32.2. The van der Waals surface area contributed by atoms with Crippen molar-refractivity contribution in [1.29, 1.82) is 0 Å².